The van der Waals surface area contributed by atoms with E-state index in [-0.39, 0.29) is 0 Å². The van der Waals surface area contributed by atoms with Gasteiger partial charge in [0, 0.05) is 19.3 Å². The Morgan fingerprint density at radius 3 is 2.82 bits per heavy atom. The molecule has 2 N–H and O–H groups in total. The Labute approximate surface area is 69.8 Å². The van der Waals surface area contributed by atoms with Crippen LogP contribution in [0.25, 0.3) is 0 Å². The highest BCUT2D eigenvalue weighted by molar-refractivity contribution is 4.81. The van der Waals surface area contributed by atoms with E-state index >= 15 is 0 Å². The van der Waals surface area contributed by atoms with Crippen LogP contribution in [0.2, 0.25) is 0 Å². The zero-order valence-corrected chi connectivity index (χ0v) is 7.91. The summed E-state index contributed by atoms with van der Waals surface area (Å²) in [4.78, 5) is 0. The second kappa shape index (κ2) is 3.55. The molecule has 0 aliphatic carbocycles. The molecule has 1 atom stereocenters. The van der Waals surface area contributed by atoms with E-state index in [1.54, 1.807) is 0 Å². The third-order valence-electron chi connectivity index (χ3n) is 2.41. The minimum absolute atomic E-state index is 0.462. The van der Waals surface area contributed by atoms with E-state index in [9.17, 15) is 0 Å². The monoisotopic (exact) mass is 156 g/mol. The predicted octanol–water partition coefficient (Wildman–Crippen LogP) is 1.33. The van der Waals surface area contributed by atoms with Crippen LogP contribution < -0.4 is 10.6 Å². The second-order valence-corrected chi connectivity index (χ2v) is 4.28. The first kappa shape index (κ1) is 9.01. The van der Waals surface area contributed by atoms with Crippen LogP contribution in [0.4, 0.5) is 0 Å². The molecule has 0 aromatic carbocycles. The summed E-state index contributed by atoms with van der Waals surface area (Å²) in [5, 5.41) is 6.87. The summed E-state index contributed by atoms with van der Waals surface area (Å²) in [6, 6.07) is 0.708. The first-order valence-corrected chi connectivity index (χ1v) is 4.58. The zero-order valence-electron chi connectivity index (χ0n) is 7.91. The Kier molecular flexibility index (Phi) is 2.90. The summed E-state index contributed by atoms with van der Waals surface area (Å²) in [5.74, 6) is 0. The molecule has 1 aliphatic rings. The lowest BCUT2D eigenvalue weighted by atomic mass is 9.85. The summed E-state index contributed by atoms with van der Waals surface area (Å²) < 4.78 is 0. The van der Waals surface area contributed by atoms with Gasteiger partial charge in [-0.05, 0) is 18.3 Å². The van der Waals surface area contributed by atoms with Gasteiger partial charge in [0.2, 0.25) is 0 Å². The molecule has 0 saturated carbocycles. The Hall–Kier alpha value is -0.0800. The molecule has 0 aromatic heterocycles. The Balaban J connectivity index is 2.47. The molecule has 2 nitrogen and oxygen atoms in total. The van der Waals surface area contributed by atoms with Crippen molar-refractivity contribution in [2.45, 2.75) is 39.7 Å². The molecule has 66 valence electrons. The van der Waals surface area contributed by atoms with Crippen molar-refractivity contribution in [2.24, 2.45) is 5.41 Å². The maximum absolute atomic E-state index is 3.48. The van der Waals surface area contributed by atoms with Gasteiger partial charge in [-0.15, -0.1) is 0 Å². The summed E-state index contributed by atoms with van der Waals surface area (Å²) >= 11 is 0. The van der Waals surface area contributed by atoms with E-state index < -0.39 is 0 Å². The molecule has 2 heteroatoms. The molecule has 0 bridgehead atoms. The second-order valence-electron chi connectivity index (χ2n) is 4.28. The van der Waals surface area contributed by atoms with Crippen LogP contribution in [0.3, 0.4) is 0 Å². The number of hydrogen-bond donors (Lipinski definition) is 2. The standard InChI is InChI=1S/C9H20N2/c1-4-8-5-9(2,3)6-10-7-11-8/h8,10-11H,4-7H2,1-3H3. The van der Waals surface area contributed by atoms with Crippen LogP contribution in [0, 0.1) is 5.41 Å². The molecule has 1 unspecified atom stereocenters. The Morgan fingerprint density at radius 2 is 2.18 bits per heavy atom. The molecular formula is C9H20N2. The highest BCUT2D eigenvalue weighted by Crippen LogP contribution is 2.23. The first-order valence-electron chi connectivity index (χ1n) is 4.58. The number of hydrogen-bond acceptors (Lipinski definition) is 2. The molecular weight excluding hydrogens is 136 g/mol. The molecule has 1 heterocycles. The fourth-order valence-electron chi connectivity index (χ4n) is 1.72. The van der Waals surface area contributed by atoms with E-state index in [1.807, 2.05) is 0 Å². The van der Waals surface area contributed by atoms with Crippen molar-refractivity contribution in [3.63, 3.8) is 0 Å². The van der Waals surface area contributed by atoms with Crippen molar-refractivity contribution < 1.29 is 0 Å². The van der Waals surface area contributed by atoms with Crippen molar-refractivity contribution >= 4 is 0 Å². The fourth-order valence-corrected chi connectivity index (χ4v) is 1.72. The topological polar surface area (TPSA) is 24.1 Å². The maximum Gasteiger partial charge on any atom is 0.0456 e. The predicted molar refractivity (Wildman–Crippen MR) is 48.5 cm³/mol. The molecule has 0 aromatic rings. The smallest absolute Gasteiger partial charge is 0.0456 e. The van der Waals surface area contributed by atoms with E-state index in [4.69, 9.17) is 0 Å². The molecule has 1 rings (SSSR count). The van der Waals surface area contributed by atoms with Crippen molar-refractivity contribution in [3.8, 4) is 0 Å². The highest BCUT2D eigenvalue weighted by atomic mass is 15.1. The minimum Gasteiger partial charge on any atom is -0.304 e. The molecule has 1 aliphatic heterocycles. The van der Waals surface area contributed by atoms with Crippen molar-refractivity contribution in [3.05, 3.63) is 0 Å². The SMILES string of the molecule is CCC1CC(C)(C)CNCN1. The average Bonchev–Trinajstić information content (AvgIpc) is 2.10. The molecule has 1 fully saturated rings. The van der Waals surface area contributed by atoms with Crippen LogP contribution in [0.1, 0.15) is 33.6 Å². The lowest BCUT2D eigenvalue weighted by Gasteiger charge is -2.25. The zero-order chi connectivity index (χ0) is 8.32. The molecule has 0 amide bonds. The average molecular weight is 156 g/mol. The van der Waals surface area contributed by atoms with Gasteiger partial charge in [-0.2, -0.15) is 0 Å². The molecule has 0 radical (unpaired) electrons. The minimum atomic E-state index is 0.462. The van der Waals surface area contributed by atoms with Crippen LogP contribution >= 0.6 is 0 Å². The van der Waals surface area contributed by atoms with Crippen LogP contribution in [0.5, 0.6) is 0 Å². The Morgan fingerprint density at radius 1 is 1.45 bits per heavy atom. The van der Waals surface area contributed by atoms with Gasteiger partial charge in [-0.3, -0.25) is 0 Å². The van der Waals surface area contributed by atoms with Gasteiger partial charge in [0.25, 0.3) is 0 Å². The lowest BCUT2D eigenvalue weighted by molar-refractivity contribution is 0.306. The highest BCUT2D eigenvalue weighted by Gasteiger charge is 2.24. The van der Waals surface area contributed by atoms with Crippen LogP contribution in [-0.2, 0) is 0 Å². The van der Waals surface area contributed by atoms with Gasteiger partial charge in [0.1, 0.15) is 0 Å². The summed E-state index contributed by atoms with van der Waals surface area (Å²) in [7, 11) is 0. The summed E-state index contributed by atoms with van der Waals surface area (Å²) in [5.41, 5.74) is 0.462. The van der Waals surface area contributed by atoms with Gasteiger partial charge in [0.05, 0.1) is 0 Å². The van der Waals surface area contributed by atoms with Gasteiger partial charge in [-0.25, -0.2) is 0 Å². The lowest BCUT2D eigenvalue weighted by Crippen LogP contribution is -2.32. The van der Waals surface area contributed by atoms with Crippen molar-refractivity contribution in [2.75, 3.05) is 13.2 Å². The van der Waals surface area contributed by atoms with Crippen LogP contribution in [-0.4, -0.2) is 19.3 Å². The van der Waals surface area contributed by atoms with E-state index in [0.29, 0.717) is 11.5 Å². The van der Waals surface area contributed by atoms with E-state index in [1.165, 1.54) is 12.8 Å². The van der Waals surface area contributed by atoms with Gasteiger partial charge in [-0.1, -0.05) is 20.8 Å². The van der Waals surface area contributed by atoms with Crippen LogP contribution in [0.15, 0.2) is 0 Å². The normalized spacial score (nSPS) is 31.4. The molecule has 1 saturated heterocycles. The fraction of sp³-hybridized carbons (Fsp3) is 1.00. The molecule has 11 heavy (non-hydrogen) atoms. The van der Waals surface area contributed by atoms with Crippen molar-refractivity contribution in [1.29, 1.82) is 0 Å². The number of nitrogens with one attached hydrogen (secondary N) is 2. The summed E-state index contributed by atoms with van der Waals surface area (Å²) in [6.07, 6.45) is 2.53. The van der Waals surface area contributed by atoms with Gasteiger partial charge < -0.3 is 10.6 Å². The number of rotatable bonds is 1. The maximum atomic E-state index is 3.48. The van der Waals surface area contributed by atoms with Gasteiger partial charge in [0.15, 0.2) is 0 Å². The van der Waals surface area contributed by atoms with E-state index in [0.717, 1.165) is 13.2 Å². The quantitative estimate of drug-likeness (QED) is 0.598. The Bertz CT molecular complexity index is 121. The molecule has 0 spiro atoms. The first-order chi connectivity index (χ1) is 5.14. The third kappa shape index (κ3) is 2.80. The third-order valence-corrected chi connectivity index (χ3v) is 2.41. The largest absolute Gasteiger partial charge is 0.304 e. The van der Waals surface area contributed by atoms with Crippen molar-refractivity contribution in [1.82, 2.24) is 10.6 Å². The van der Waals surface area contributed by atoms with Gasteiger partial charge >= 0.3 is 0 Å². The summed E-state index contributed by atoms with van der Waals surface area (Å²) in [6.45, 7) is 9.02. The van der Waals surface area contributed by atoms with E-state index in [2.05, 4.69) is 31.4 Å².